The zero-order valence-electron chi connectivity index (χ0n) is 11.9. The number of nitrogens with zero attached hydrogens (tertiary/aromatic N) is 2. The normalized spacial score (nSPS) is 10.2. The van der Waals surface area contributed by atoms with Crippen LogP contribution in [-0.4, -0.2) is 41.3 Å². The lowest BCUT2D eigenvalue weighted by atomic mass is 10.3. The van der Waals surface area contributed by atoms with E-state index in [0.717, 1.165) is 12.8 Å². The van der Waals surface area contributed by atoms with Crippen LogP contribution in [0.5, 0.6) is 0 Å². The number of amides is 2. The van der Waals surface area contributed by atoms with Crippen molar-refractivity contribution >= 4 is 23.4 Å². The second kappa shape index (κ2) is 8.53. The summed E-state index contributed by atoms with van der Waals surface area (Å²) in [6.07, 6.45) is 1.64. The molecule has 5 nitrogen and oxygen atoms in total. The zero-order valence-corrected chi connectivity index (χ0v) is 12.6. The highest BCUT2D eigenvalue weighted by atomic mass is 35.5. The molecule has 1 aromatic rings. The van der Waals surface area contributed by atoms with Crippen LogP contribution < -0.4 is 5.32 Å². The van der Waals surface area contributed by atoms with Gasteiger partial charge in [-0.25, -0.2) is 4.98 Å². The molecule has 0 fully saturated rings. The smallest absolute Gasteiger partial charge is 0.272 e. The van der Waals surface area contributed by atoms with Gasteiger partial charge in [-0.15, -0.1) is 0 Å². The summed E-state index contributed by atoms with van der Waals surface area (Å²) >= 11 is 5.78. The minimum absolute atomic E-state index is 0.0425. The molecule has 1 heterocycles. The van der Waals surface area contributed by atoms with Gasteiger partial charge in [-0.05, 0) is 25.0 Å². The lowest BCUT2D eigenvalue weighted by molar-refractivity contribution is -0.121. The molecule has 0 atom stereocenters. The number of pyridine rings is 1. The highest BCUT2D eigenvalue weighted by molar-refractivity contribution is 6.29. The Morgan fingerprint density at radius 2 is 2.05 bits per heavy atom. The number of carbonyl (C=O) groups excluding carboxylic acids is 2. The van der Waals surface area contributed by atoms with Gasteiger partial charge in [0.2, 0.25) is 5.91 Å². The number of carbonyl (C=O) groups is 2. The molecule has 110 valence electrons. The highest BCUT2D eigenvalue weighted by Gasteiger charge is 2.19. The highest BCUT2D eigenvalue weighted by Crippen LogP contribution is 2.08. The molecule has 1 aromatic heterocycles. The lowest BCUT2D eigenvalue weighted by Crippen LogP contribution is -2.41. The fourth-order valence-electron chi connectivity index (χ4n) is 1.71. The molecule has 0 aromatic carbocycles. The van der Waals surface area contributed by atoms with Crippen LogP contribution in [0, 0.1) is 0 Å². The monoisotopic (exact) mass is 297 g/mol. The van der Waals surface area contributed by atoms with Gasteiger partial charge >= 0.3 is 0 Å². The van der Waals surface area contributed by atoms with E-state index in [1.54, 1.807) is 18.2 Å². The van der Waals surface area contributed by atoms with Gasteiger partial charge in [-0.2, -0.15) is 0 Å². The van der Waals surface area contributed by atoms with Crippen molar-refractivity contribution in [2.24, 2.45) is 0 Å². The average molecular weight is 298 g/mol. The minimum atomic E-state index is -0.277. The van der Waals surface area contributed by atoms with E-state index < -0.39 is 0 Å². The molecule has 6 heteroatoms. The number of halogens is 1. The molecule has 2 amide bonds. The summed E-state index contributed by atoms with van der Waals surface area (Å²) in [5, 5.41) is 3.03. The third kappa shape index (κ3) is 5.17. The molecule has 0 aliphatic carbocycles. The SMILES string of the molecule is CCCNC(=O)CN(CCC)C(=O)c1cccc(Cl)n1. The molecule has 20 heavy (non-hydrogen) atoms. The molecule has 0 saturated carbocycles. The molecule has 1 N–H and O–H groups in total. The molecule has 0 aliphatic rings. The van der Waals surface area contributed by atoms with Crippen molar-refractivity contribution in [1.29, 1.82) is 0 Å². The van der Waals surface area contributed by atoms with Gasteiger partial charge < -0.3 is 10.2 Å². The third-order valence-electron chi connectivity index (χ3n) is 2.62. The predicted molar refractivity (Wildman–Crippen MR) is 78.7 cm³/mol. The Kier molecular flexibility index (Phi) is 7.01. The molecule has 0 spiro atoms. The number of hydrogen-bond donors (Lipinski definition) is 1. The van der Waals surface area contributed by atoms with E-state index in [2.05, 4.69) is 10.3 Å². The Morgan fingerprint density at radius 3 is 2.65 bits per heavy atom. The van der Waals surface area contributed by atoms with E-state index in [0.29, 0.717) is 13.1 Å². The number of nitrogens with one attached hydrogen (secondary N) is 1. The van der Waals surface area contributed by atoms with Crippen LogP contribution in [0.1, 0.15) is 37.2 Å². The largest absolute Gasteiger partial charge is 0.355 e. The van der Waals surface area contributed by atoms with Crippen LogP contribution in [0.4, 0.5) is 0 Å². The Balaban J connectivity index is 2.74. The second-order valence-corrected chi connectivity index (χ2v) is 4.81. The lowest BCUT2D eigenvalue weighted by Gasteiger charge is -2.21. The van der Waals surface area contributed by atoms with Crippen molar-refractivity contribution in [3.8, 4) is 0 Å². The van der Waals surface area contributed by atoms with Gasteiger partial charge in [-0.3, -0.25) is 9.59 Å². The first-order valence-electron chi connectivity index (χ1n) is 6.77. The molecule has 0 aliphatic heterocycles. The maximum absolute atomic E-state index is 12.3. The molecule has 0 saturated heterocycles. The van der Waals surface area contributed by atoms with Crippen molar-refractivity contribution in [1.82, 2.24) is 15.2 Å². The van der Waals surface area contributed by atoms with Crippen molar-refractivity contribution < 1.29 is 9.59 Å². The standard InChI is InChI=1S/C14H20ClN3O2/c1-3-8-16-13(19)10-18(9-4-2)14(20)11-6-5-7-12(15)17-11/h5-7H,3-4,8-10H2,1-2H3,(H,16,19). The summed E-state index contributed by atoms with van der Waals surface area (Å²) in [5.74, 6) is -0.434. The topological polar surface area (TPSA) is 62.3 Å². The summed E-state index contributed by atoms with van der Waals surface area (Å²) in [6, 6.07) is 4.88. The number of hydrogen-bond acceptors (Lipinski definition) is 3. The number of aromatic nitrogens is 1. The van der Waals surface area contributed by atoms with Crippen LogP contribution in [0.15, 0.2) is 18.2 Å². The van der Waals surface area contributed by atoms with E-state index in [-0.39, 0.29) is 29.2 Å². The van der Waals surface area contributed by atoms with E-state index in [1.807, 2.05) is 13.8 Å². The Morgan fingerprint density at radius 1 is 1.30 bits per heavy atom. The van der Waals surface area contributed by atoms with Crippen molar-refractivity contribution in [2.75, 3.05) is 19.6 Å². The van der Waals surface area contributed by atoms with E-state index in [1.165, 1.54) is 4.90 Å². The summed E-state index contributed by atoms with van der Waals surface area (Å²) in [4.78, 5) is 29.5. The van der Waals surface area contributed by atoms with Crippen LogP contribution in [0.2, 0.25) is 5.15 Å². The zero-order chi connectivity index (χ0) is 15.0. The summed E-state index contributed by atoms with van der Waals surface area (Å²) in [7, 11) is 0. The molecule has 1 rings (SSSR count). The van der Waals surface area contributed by atoms with Crippen LogP contribution >= 0.6 is 11.6 Å². The van der Waals surface area contributed by atoms with E-state index in [4.69, 9.17) is 11.6 Å². The molecule has 0 bridgehead atoms. The molecule has 0 unspecified atom stereocenters. The predicted octanol–water partition coefficient (Wildman–Crippen LogP) is 2.11. The first kappa shape index (κ1) is 16.4. The van der Waals surface area contributed by atoms with Crippen LogP contribution in [0.25, 0.3) is 0 Å². The van der Waals surface area contributed by atoms with Gasteiger partial charge in [0.1, 0.15) is 10.8 Å². The first-order valence-corrected chi connectivity index (χ1v) is 7.14. The van der Waals surface area contributed by atoms with Crippen molar-refractivity contribution in [2.45, 2.75) is 26.7 Å². The quantitative estimate of drug-likeness (QED) is 0.784. The maximum Gasteiger partial charge on any atom is 0.272 e. The van der Waals surface area contributed by atoms with Gasteiger partial charge in [0.15, 0.2) is 0 Å². The maximum atomic E-state index is 12.3. The van der Waals surface area contributed by atoms with Gasteiger partial charge in [0.05, 0.1) is 6.54 Å². The molecular weight excluding hydrogens is 278 g/mol. The Hall–Kier alpha value is -1.62. The summed E-state index contributed by atoms with van der Waals surface area (Å²) in [5.41, 5.74) is 0.259. The third-order valence-corrected chi connectivity index (χ3v) is 2.83. The van der Waals surface area contributed by atoms with Crippen molar-refractivity contribution in [3.05, 3.63) is 29.0 Å². The molecular formula is C14H20ClN3O2. The van der Waals surface area contributed by atoms with Gasteiger partial charge in [0, 0.05) is 13.1 Å². The van der Waals surface area contributed by atoms with Gasteiger partial charge in [0.25, 0.3) is 5.91 Å². The Labute approximate surface area is 124 Å². The van der Waals surface area contributed by atoms with Gasteiger partial charge in [-0.1, -0.05) is 31.5 Å². The first-order chi connectivity index (χ1) is 9.58. The Bertz CT molecular complexity index is 465. The summed E-state index contributed by atoms with van der Waals surface area (Å²) < 4.78 is 0. The fourth-order valence-corrected chi connectivity index (χ4v) is 1.87. The molecule has 0 radical (unpaired) electrons. The summed E-state index contributed by atoms with van der Waals surface area (Å²) in [6.45, 7) is 5.09. The van der Waals surface area contributed by atoms with Crippen LogP contribution in [0.3, 0.4) is 0 Å². The average Bonchev–Trinajstić information content (AvgIpc) is 2.44. The van der Waals surface area contributed by atoms with Crippen molar-refractivity contribution in [3.63, 3.8) is 0 Å². The van der Waals surface area contributed by atoms with Crippen LogP contribution in [-0.2, 0) is 4.79 Å². The van der Waals surface area contributed by atoms with E-state index in [9.17, 15) is 9.59 Å². The van der Waals surface area contributed by atoms with E-state index >= 15 is 0 Å². The fraction of sp³-hybridized carbons (Fsp3) is 0.500. The minimum Gasteiger partial charge on any atom is -0.355 e. The second-order valence-electron chi connectivity index (χ2n) is 4.42. The number of rotatable bonds is 7.